The number of hydrogen-bond donors (Lipinski definition) is 0. The van der Waals surface area contributed by atoms with E-state index in [-0.39, 0.29) is 5.54 Å². The van der Waals surface area contributed by atoms with Crippen LogP contribution < -0.4 is 0 Å². The summed E-state index contributed by atoms with van der Waals surface area (Å²) in [6.07, 6.45) is 1.44. The van der Waals surface area contributed by atoms with E-state index in [4.69, 9.17) is 0 Å². The van der Waals surface area contributed by atoms with Crippen molar-refractivity contribution >= 4 is 5.71 Å². The van der Waals surface area contributed by atoms with Gasteiger partial charge in [0.05, 0.1) is 6.17 Å². The summed E-state index contributed by atoms with van der Waals surface area (Å²) in [5, 5.41) is 0. The van der Waals surface area contributed by atoms with Crippen LogP contribution in [0.15, 0.2) is 4.99 Å². The zero-order valence-corrected chi connectivity index (χ0v) is 8.18. The summed E-state index contributed by atoms with van der Waals surface area (Å²) in [5.41, 5.74) is 1.56. The summed E-state index contributed by atoms with van der Waals surface area (Å²) >= 11 is 0. The maximum absolute atomic E-state index is 4.50. The molecule has 2 nitrogen and oxygen atoms in total. The smallest absolute Gasteiger partial charge is 0.0991 e. The predicted octanol–water partition coefficient (Wildman–Crippen LogP) is 1.91. The topological polar surface area (TPSA) is 15.6 Å². The highest BCUT2D eigenvalue weighted by Crippen LogP contribution is 2.25. The van der Waals surface area contributed by atoms with E-state index in [1.165, 1.54) is 5.71 Å². The molecule has 0 bridgehead atoms. The molecule has 0 amide bonds. The van der Waals surface area contributed by atoms with Gasteiger partial charge in [-0.2, -0.15) is 0 Å². The standard InChI is InChI=1S/C9H18N2/c1-7-6-9(3,4)11(5)8(2)10-7/h8H,6H2,1-5H3. The molecule has 0 saturated carbocycles. The molecule has 0 aromatic rings. The van der Waals surface area contributed by atoms with Crippen LogP contribution in [-0.2, 0) is 0 Å². The van der Waals surface area contributed by atoms with Crippen molar-refractivity contribution in [2.45, 2.75) is 45.8 Å². The second-order valence-electron chi connectivity index (χ2n) is 4.10. The van der Waals surface area contributed by atoms with Crippen molar-refractivity contribution in [1.29, 1.82) is 0 Å². The largest absolute Gasteiger partial charge is 0.280 e. The Balaban J connectivity index is 2.85. The van der Waals surface area contributed by atoms with Gasteiger partial charge in [0.2, 0.25) is 0 Å². The number of nitrogens with zero attached hydrogens (tertiary/aromatic N) is 2. The third kappa shape index (κ3) is 1.62. The molecule has 0 spiro atoms. The van der Waals surface area contributed by atoms with Crippen molar-refractivity contribution in [2.75, 3.05) is 7.05 Å². The van der Waals surface area contributed by atoms with Crippen LogP contribution in [0.1, 0.15) is 34.1 Å². The molecule has 0 aromatic carbocycles. The Kier molecular flexibility index (Phi) is 2.06. The molecule has 1 rings (SSSR count). The molecule has 0 aromatic heterocycles. The Labute approximate surface area is 69.3 Å². The van der Waals surface area contributed by atoms with Crippen molar-refractivity contribution in [3.8, 4) is 0 Å². The van der Waals surface area contributed by atoms with Gasteiger partial charge in [0.25, 0.3) is 0 Å². The van der Waals surface area contributed by atoms with E-state index in [1.54, 1.807) is 0 Å². The van der Waals surface area contributed by atoms with Gasteiger partial charge in [0.15, 0.2) is 0 Å². The van der Waals surface area contributed by atoms with E-state index in [0.29, 0.717) is 6.17 Å². The van der Waals surface area contributed by atoms with E-state index in [1.807, 2.05) is 0 Å². The first-order valence-electron chi connectivity index (χ1n) is 4.20. The monoisotopic (exact) mass is 154 g/mol. The van der Waals surface area contributed by atoms with Crippen LogP contribution in [0.4, 0.5) is 0 Å². The van der Waals surface area contributed by atoms with Crippen molar-refractivity contribution in [1.82, 2.24) is 4.90 Å². The molecule has 1 unspecified atom stereocenters. The summed E-state index contributed by atoms with van der Waals surface area (Å²) < 4.78 is 0. The number of aliphatic imine (C=N–C) groups is 1. The Bertz CT molecular complexity index is 182. The first-order chi connectivity index (χ1) is 4.93. The van der Waals surface area contributed by atoms with Gasteiger partial charge in [-0.1, -0.05) is 0 Å². The SMILES string of the molecule is CC1=NC(C)N(C)C(C)(C)C1. The third-order valence-corrected chi connectivity index (χ3v) is 2.61. The van der Waals surface area contributed by atoms with Gasteiger partial charge >= 0.3 is 0 Å². The van der Waals surface area contributed by atoms with Crippen LogP contribution in [0.2, 0.25) is 0 Å². The molecule has 0 saturated heterocycles. The van der Waals surface area contributed by atoms with Gasteiger partial charge in [-0.3, -0.25) is 9.89 Å². The minimum Gasteiger partial charge on any atom is -0.280 e. The minimum atomic E-state index is 0.283. The Hall–Kier alpha value is -0.370. The van der Waals surface area contributed by atoms with Crippen LogP contribution in [0.5, 0.6) is 0 Å². The molecule has 1 heterocycles. The van der Waals surface area contributed by atoms with Gasteiger partial charge in [-0.05, 0) is 34.7 Å². The van der Waals surface area contributed by atoms with Crippen molar-refractivity contribution in [3.05, 3.63) is 0 Å². The summed E-state index contributed by atoms with van der Waals surface area (Å²) in [7, 11) is 2.14. The lowest BCUT2D eigenvalue weighted by Crippen LogP contribution is -2.49. The van der Waals surface area contributed by atoms with Crippen LogP contribution in [0, 0.1) is 0 Å². The van der Waals surface area contributed by atoms with E-state index in [2.05, 4.69) is 44.6 Å². The van der Waals surface area contributed by atoms with Gasteiger partial charge in [0, 0.05) is 17.7 Å². The van der Waals surface area contributed by atoms with Crippen molar-refractivity contribution in [2.24, 2.45) is 4.99 Å². The maximum atomic E-state index is 4.50. The fourth-order valence-electron chi connectivity index (χ4n) is 1.71. The van der Waals surface area contributed by atoms with Crippen LogP contribution >= 0.6 is 0 Å². The Morgan fingerprint density at radius 3 is 2.55 bits per heavy atom. The van der Waals surface area contributed by atoms with Crippen LogP contribution in [0.3, 0.4) is 0 Å². The maximum Gasteiger partial charge on any atom is 0.0991 e. The van der Waals surface area contributed by atoms with E-state index < -0.39 is 0 Å². The second kappa shape index (κ2) is 2.59. The summed E-state index contributed by atoms with van der Waals surface area (Å²) in [6, 6.07) is 0. The molecule has 0 fully saturated rings. The van der Waals surface area contributed by atoms with Gasteiger partial charge in [0.1, 0.15) is 0 Å². The van der Waals surface area contributed by atoms with Gasteiger partial charge in [-0.25, -0.2) is 0 Å². The average molecular weight is 154 g/mol. The lowest BCUT2D eigenvalue weighted by atomic mass is 9.93. The molecular weight excluding hydrogens is 136 g/mol. The van der Waals surface area contributed by atoms with E-state index in [9.17, 15) is 0 Å². The predicted molar refractivity (Wildman–Crippen MR) is 49.0 cm³/mol. The highest BCUT2D eigenvalue weighted by Gasteiger charge is 2.31. The second-order valence-corrected chi connectivity index (χ2v) is 4.10. The van der Waals surface area contributed by atoms with Crippen LogP contribution in [-0.4, -0.2) is 29.4 Å². The molecule has 0 radical (unpaired) electrons. The minimum absolute atomic E-state index is 0.283. The first-order valence-corrected chi connectivity index (χ1v) is 4.20. The zero-order chi connectivity index (χ0) is 8.65. The summed E-state index contributed by atoms with van der Waals surface area (Å²) in [4.78, 5) is 6.82. The quantitative estimate of drug-likeness (QED) is 0.520. The third-order valence-electron chi connectivity index (χ3n) is 2.61. The molecule has 64 valence electrons. The average Bonchev–Trinajstić information content (AvgIpc) is 1.81. The summed E-state index contributed by atoms with van der Waals surface area (Å²) in [6.45, 7) is 8.79. The van der Waals surface area contributed by atoms with Gasteiger partial charge < -0.3 is 0 Å². The molecule has 11 heavy (non-hydrogen) atoms. The lowest BCUT2D eigenvalue weighted by molar-refractivity contribution is 0.109. The first kappa shape index (κ1) is 8.72. The Morgan fingerprint density at radius 2 is 2.09 bits per heavy atom. The van der Waals surface area contributed by atoms with Crippen molar-refractivity contribution < 1.29 is 0 Å². The molecular formula is C9H18N2. The molecule has 0 aliphatic carbocycles. The van der Waals surface area contributed by atoms with Crippen molar-refractivity contribution in [3.63, 3.8) is 0 Å². The lowest BCUT2D eigenvalue weighted by Gasteiger charge is -2.42. The molecule has 1 aliphatic heterocycles. The zero-order valence-electron chi connectivity index (χ0n) is 8.18. The molecule has 1 atom stereocenters. The number of hydrogen-bond acceptors (Lipinski definition) is 2. The molecule has 2 heteroatoms. The number of rotatable bonds is 0. The molecule has 1 aliphatic rings. The fraction of sp³-hybridized carbons (Fsp3) is 0.889. The molecule has 0 N–H and O–H groups in total. The Morgan fingerprint density at radius 1 is 1.55 bits per heavy atom. The van der Waals surface area contributed by atoms with Crippen LogP contribution in [0.25, 0.3) is 0 Å². The van der Waals surface area contributed by atoms with E-state index >= 15 is 0 Å². The summed E-state index contributed by atoms with van der Waals surface area (Å²) in [5.74, 6) is 0. The van der Waals surface area contributed by atoms with Gasteiger partial charge in [-0.15, -0.1) is 0 Å². The fourth-order valence-corrected chi connectivity index (χ4v) is 1.71. The highest BCUT2D eigenvalue weighted by atomic mass is 15.3. The highest BCUT2D eigenvalue weighted by molar-refractivity contribution is 5.83. The normalized spacial score (nSPS) is 31.7. The van der Waals surface area contributed by atoms with E-state index in [0.717, 1.165) is 6.42 Å².